The lowest BCUT2D eigenvalue weighted by molar-refractivity contribution is -0.125. The summed E-state index contributed by atoms with van der Waals surface area (Å²) in [5, 5.41) is 0. The maximum atomic E-state index is 13.6. The first-order valence-corrected chi connectivity index (χ1v) is 17.7. The van der Waals surface area contributed by atoms with Crippen molar-refractivity contribution in [2.24, 2.45) is 17.1 Å². The lowest BCUT2D eigenvalue weighted by Gasteiger charge is -2.27. The summed E-state index contributed by atoms with van der Waals surface area (Å²) in [7, 11) is -7.80. The van der Waals surface area contributed by atoms with E-state index in [0.29, 0.717) is 29.4 Å². The predicted octanol–water partition coefficient (Wildman–Crippen LogP) is 5.21. The third-order valence-corrected chi connectivity index (χ3v) is 11.3. The number of hydrogen-bond donors (Lipinski definition) is 3. The molecular formula is C31H50N4O5S2. The molecule has 4 N–H and O–H groups in total. The Labute approximate surface area is 253 Å². The second-order valence-electron chi connectivity index (χ2n) is 14.5. The van der Waals surface area contributed by atoms with E-state index in [2.05, 4.69) is 14.0 Å². The van der Waals surface area contributed by atoms with Crippen LogP contribution in [-0.4, -0.2) is 39.4 Å². The van der Waals surface area contributed by atoms with Gasteiger partial charge >= 0.3 is 0 Å². The maximum Gasteiger partial charge on any atom is 0.242 e. The van der Waals surface area contributed by atoms with E-state index in [-0.39, 0.29) is 16.3 Å². The Morgan fingerprint density at radius 1 is 0.905 bits per heavy atom. The van der Waals surface area contributed by atoms with E-state index < -0.39 is 42.3 Å². The molecule has 1 heterocycles. The average Bonchev–Trinajstić information content (AvgIpc) is 3.18. The minimum Gasteiger partial charge on any atom is -0.369 e. The smallest absolute Gasteiger partial charge is 0.242 e. The van der Waals surface area contributed by atoms with Crippen LogP contribution in [0.1, 0.15) is 98.8 Å². The zero-order chi connectivity index (χ0) is 31.9. The third-order valence-electron chi connectivity index (χ3n) is 7.96. The number of nitrogens with two attached hydrogens (primary N) is 1. The molecule has 0 atom stereocenters. The van der Waals surface area contributed by atoms with Gasteiger partial charge in [-0.2, -0.15) is 0 Å². The minimum absolute atomic E-state index is 0.130. The second kappa shape index (κ2) is 12.1. The molecule has 1 aliphatic rings. The number of nitrogens with zero attached hydrogens (tertiary/aromatic N) is 1. The molecule has 1 saturated carbocycles. The Kier molecular flexibility index (Phi) is 9.84. The minimum atomic E-state index is -3.98. The van der Waals surface area contributed by atoms with Crippen LogP contribution in [0, 0.1) is 18.3 Å². The quantitative estimate of drug-likeness (QED) is 0.334. The molecule has 3 rings (SSSR count). The summed E-state index contributed by atoms with van der Waals surface area (Å²) in [5.41, 5.74) is 5.96. The first kappa shape index (κ1) is 34.3. The predicted molar refractivity (Wildman–Crippen MR) is 168 cm³/mol. The Morgan fingerprint density at radius 3 is 2.02 bits per heavy atom. The number of benzene rings is 1. The van der Waals surface area contributed by atoms with Gasteiger partial charge in [0.05, 0.1) is 10.3 Å². The maximum absolute atomic E-state index is 13.6. The Balaban J connectivity index is 2.19. The van der Waals surface area contributed by atoms with E-state index in [0.717, 1.165) is 31.2 Å². The molecule has 2 aromatic rings. The van der Waals surface area contributed by atoms with E-state index >= 15 is 0 Å². The normalized spacial score (nSPS) is 16.1. The van der Waals surface area contributed by atoms with Crippen LogP contribution < -0.4 is 15.2 Å². The number of carbonyl (C=O) groups is 1. The fraction of sp³-hybridized carbons (Fsp3) is 0.645. The SMILES string of the molecule is Cc1c(S(=O)(=O)NCC(C)(C)C(N)=O)cc(-c2ccc(S(=O)(=O)NC(C)(C)C)c(C(C)(C)C)c2)n1CC1CCCCC1. The van der Waals surface area contributed by atoms with Crippen LogP contribution in [0.2, 0.25) is 0 Å². The summed E-state index contributed by atoms with van der Waals surface area (Å²) < 4.78 is 61.5. The first-order valence-electron chi connectivity index (χ1n) is 14.7. The van der Waals surface area contributed by atoms with E-state index in [4.69, 9.17) is 5.73 Å². The number of amides is 1. The van der Waals surface area contributed by atoms with Crippen molar-refractivity contribution in [3.05, 3.63) is 35.5 Å². The Morgan fingerprint density at radius 2 is 1.50 bits per heavy atom. The molecule has 9 nitrogen and oxygen atoms in total. The lowest BCUT2D eigenvalue weighted by atomic mass is 9.85. The molecule has 0 bridgehead atoms. The van der Waals surface area contributed by atoms with Crippen molar-refractivity contribution in [1.82, 2.24) is 14.0 Å². The molecule has 0 radical (unpaired) electrons. The van der Waals surface area contributed by atoms with Gasteiger partial charge in [0.15, 0.2) is 0 Å². The summed E-state index contributed by atoms with van der Waals surface area (Å²) in [5.74, 6) is -0.179. The highest BCUT2D eigenvalue weighted by atomic mass is 32.2. The molecule has 0 spiro atoms. The van der Waals surface area contributed by atoms with Gasteiger partial charge in [-0.25, -0.2) is 26.3 Å². The number of aromatic nitrogens is 1. The van der Waals surface area contributed by atoms with Gasteiger partial charge in [-0.1, -0.05) is 46.1 Å². The van der Waals surface area contributed by atoms with Gasteiger partial charge in [0.25, 0.3) is 0 Å². The van der Waals surface area contributed by atoms with Crippen molar-refractivity contribution in [3.8, 4) is 11.3 Å². The molecule has 1 amide bonds. The first-order chi connectivity index (χ1) is 19.1. The van der Waals surface area contributed by atoms with Crippen LogP contribution >= 0.6 is 0 Å². The number of sulfonamides is 2. The monoisotopic (exact) mass is 622 g/mol. The van der Waals surface area contributed by atoms with Gasteiger partial charge in [0.1, 0.15) is 4.90 Å². The highest BCUT2D eigenvalue weighted by molar-refractivity contribution is 7.89. The van der Waals surface area contributed by atoms with Crippen LogP contribution in [0.15, 0.2) is 34.1 Å². The van der Waals surface area contributed by atoms with E-state index in [1.54, 1.807) is 59.7 Å². The fourth-order valence-corrected chi connectivity index (χ4v) is 8.69. The van der Waals surface area contributed by atoms with Crippen LogP contribution in [0.5, 0.6) is 0 Å². The molecule has 236 valence electrons. The van der Waals surface area contributed by atoms with Crippen molar-refractivity contribution >= 4 is 26.0 Å². The van der Waals surface area contributed by atoms with Gasteiger partial charge in [-0.3, -0.25) is 4.79 Å². The Bertz CT molecular complexity index is 1520. The number of hydrogen-bond acceptors (Lipinski definition) is 5. The summed E-state index contributed by atoms with van der Waals surface area (Å²) in [6.45, 7) is 16.8. The molecule has 0 saturated heterocycles. The fourth-order valence-electron chi connectivity index (χ4n) is 5.40. The number of primary amides is 1. The molecular weight excluding hydrogens is 572 g/mol. The average molecular weight is 623 g/mol. The topological polar surface area (TPSA) is 140 Å². The number of rotatable bonds is 10. The second-order valence-corrected chi connectivity index (χ2v) is 17.9. The number of nitrogens with one attached hydrogen (secondary N) is 2. The van der Waals surface area contributed by atoms with Crippen molar-refractivity contribution < 1.29 is 21.6 Å². The van der Waals surface area contributed by atoms with E-state index in [1.165, 1.54) is 6.42 Å². The van der Waals surface area contributed by atoms with Crippen molar-refractivity contribution in [3.63, 3.8) is 0 Å². The van der Waals surface area contributed by atoms with Crippen LogP contribution in [0.3, 0.4) is 0 Å². The number of carbonyl (C=O) groups excluding carboxylic acids is 1. The van der Waals surface area contributed by atoms with Crippen molar-refractivity contribution in [2.75, 3.05) is 6.54 Å². The molecule has 1 aliphatic carbocycles. The van der Waals surface area contributed by atoms with Gasteiger partial charge < -0.3 is 10.3 Å². The zero-order valence-corrected chi connectivity index (χ0v) is 28.4. The summed E-state index contributed by atoms with van der Waals surface area (Å²) >= 11 is 0. The molecule has 42 heavy (non-hydrogen) atoms. The van der Waals surface area contributed by atoms with Crippen LogP contribution in [-0.2, 0) is 36.8 Å². The molecule has 0 aliphatic heterocycles. The van der Waals surface area contributed by atoms with Gasteiger partial charge in [0, 0.05) is 30.0 Å². The molecule has 1 aromatic heterocycles. The van der Waals surface area contributed by atoms with Crippen molar-refractivity contribution in [1.29, 1.82) is 0 Å². The van der Waals surface area contributed by atoms with Crippen LogP contribution in [0.4, 0.5) is 0 Å². The van der Waals surface area contributed by atoms with Gasteiger partial charge in [0.2, 0.25) is 26.0 Å². The van der Waals surface area contributed by atoms with E-state index in [9.17, 15) is 21.6 Å². The third kappa shape index (κ3) is 8.03. The largest absolute Gasteiger partial charge is 0.369 e. The van der Waals surface area contributed by atoms with Crippen molar-refractivity contribution in [2.45, 2.75) is 122 Å². The summed E-state index contributed by atoms with van der Waals surface area (Å²) in [6, 6.07) is 6.93. The zero-order valence-electron chi connectivity index (χ0n) is 26.7. The molecule has 0 unspecified atom stereocenters. The molecule has 1 aromatic carbocycles. The molecule has 1 fully saturated rings. The van der Waals surface area contributed by atoms with Crippen LogP contribution in [0.25, 0.3) is 11.3 Å². The summed E-state index contributed by atoms with van der Waals surface area (Å²) in [4.78, 5) is 12.2. The highest BCUT2D eigenvalue weighted by Gasteiger charge is 2.32. The Hall–Kier alpha value is -2.21. The summed E-state index contributed by atoms with van der Waals surface area (Å²) in [6.07, 6.45) is 5.66. The van der Waals surface area contributed by atoms with E-state index in [1.807, 2.05) is 26.8 Å². The van der Waals surface area contributed by atoms with Gasteiger partial charge in [-0.15, -0.1) is 0 Å². The lowest BCUT2D eigenvalue weighted by Crippen LogP contribution is -2.42. The highest BCUT2D eigenvalue weighted by Crippen LogP contribution is 2.37. The molecule has 11 heteroatoms. The standard InChI is InChI=1S/C31H50N4O5S2/c1-21-27(41(37,38)33-20-31(8,9)28(32)36)18-25(35(21)19-22-13-11-10-12-14-22)23-15-16-26(24(17-23)29(2,3)4)42(39,40)34-30(5,6)7/h15-18,22,33-34H,10-14,19-20H2,1-9H3,(H2,32,36). The van der Waals surface area contributed by atoms with Gasteiger partial charge in [-0.05, 0) is 95.0 Å².